The highest BCUT2D eigenvalue weighted by molar-refractivity contribution is 6.39. The van der Waals surface area contributed by atoms with E-state index >= 15 is 0 Å². The van der Waals surface area contributed by atoms with Gasteiger partial charge in [-0.25, -0.2) is 0 Å². The molecule has 0 radical (unpaired) electrons. The molecule has 8 heteroatoms. The fourth-order valence-electron chi connectivity index (χ4n) is 1.60. The number of benzene rings is 1. The Morgan fingerprint density at radius 1 is 1.42 bits per heavy atom. The standard InChI is InChI=1S/C11H12Cl2N2O4/c1-6(2)14(5-10(16)17)11-8(12)3-7(15(18)19)4-9(11)13/h3-4,6H,5H2,1-2H3,(H,16,17). The van der Waals surface area contributed by atoms with E-state index in [1.807, 2.05) is 0 Å². The zero-order valence-electron chi connectivity index (χ0n) is 10.3. The van der Waals surface area contributed by atoms with Crippen LogP contribution in [0.5, 0.6) is 0 Å². The molecular weight excluding hydrogens is 295 g/mol. The first-order valence-corrected chi connectivity index (χ1v) is 6.11. The normalized spacial score (nSPS) is 10.6. The van der Waals surface area contributed by atoms with Crippen molar-refractivity contribution in [3.8, 4) is 0 Å². The SMILES string of the molecule is CC(C)N(CC(=O)O)c1c(Cl)cc([N+](=O)[O-])cc1Cl. The number of carboxylic acid groups (broad SMARTS) is 1. The Balaban J connectivity index is 3.31. The van der Waals surface area contributed by atoms with Crippen LogP contribution >= 0.6 is 23.2 Å². The molecule has 0 aromatic heterocycles. The number of nitro benzene ring substituents is 1. The van der Waals surface area contributed by atoms with E-state index in [0.717, 1.165) is 12.1 Å². The van der Waals surface area contributed by atoms with Gasteiger partial charge in [0.2, 0.25) is 0 Å². The monoisotopic (exact) mass is 306 g/mol. The summed E-state index contributed by atoms with van der Waals surface area (Å²) < 4.78 is 0. The number of carboxylic acids is 1. The molecule has 0 aliphatic rings. The molecule has 19 heavy (non-hydrogen) atoms. The number of non-ortho nitro benzene ring substituents is 1. The quantitative estimate of drug-likeness (QED) is 0.667. The number of rotatable bonds is 5. The molecule has 0 spiro atoms. The third-order valence-electron chi connectivity index (χ3n) is 2.43. The predicted octanol–water partition coefficient (Wildman–Crippen LogP) is 3.20. The van der Waals surface area contributed by atoms with Gasteiger partial charge in [0, 0.05) is 18.2 Å². The summed E-state index contributed by atoms with van der Waals surface area (Å²) in [6.07, 6.45) is 0. The number of nitrogens with zero attached hydrogens (tertiary/aromatic N) is 2. The van der Waals surface area contributed by atoms with Crippen LogP contribution in [0.15, 0.2) is 12.1 Å². The van der Waals surface area contributed by atoms with Crippen molar-refractivity contribution in [2.24, 2.45) is 0 Å². The van der Waals surface area contributed by atoms with Gasteiger partial charge in [0.25, 0.3) is 5.69 Å². The minimum Gasteiger partial charge on any atom is -0.480 e. The Hall–Kier alpha value is -1.53. The highest BCUT2D eigenvalue weighted by Crippen LogP contribution is 2.38. The Bertz CT molecular complexity index is 496. The molecule has 1 N–H and O–H groups in total. The third kappa shape index (κ3) is 3.71. The van der Waals surface area contributed by atoms with Crippen molar-refractivity contribution in [2.75, 3.05) is 11.4 Å². The van der Waals surface area contributed by atoms with Gasteiger partial charge in [-0.15, -0.1) is 0 Å². The first-order valence-electron chi connectivity index (χ1n) is 5.36. The number of aliphatic carboxylic acids is 1. The van der Waals surface area contributed by atoms with Gasteiger partial charge in [-0.3, -0.25) is 14.9 Å². The molecule has 0 heterocycles. The van der Waals surface area contributed by atoms with Gasteiger partial charge in [0.05, 0.1) is 20.7 Å². The molecule has 0 amide bonds. The lowest BCUT2D eigenvalue weighted by atomic mass is 10.2. The Morgan fingerprint density at radius 3 is 2.21 bits per heavy atom. The maximum absolute atomic E-state index is 10.8. The summed E-state index contributed by atoms with van der Waals surface area (Å²) in [6, 6.07) is 2.13. The molecule has 0 saturated carbocycles. The molecule has 0 saturated heterocycles. The van der Waals surface area contributed by atoms with Crippen molar-refractivity contribution in [2.45, 2.75) is 19.9 Å². The van der Waals surface area contributed by atoms with Crippen molar-refractivity contribution < 1.29 is 14.8 Å². The summed E-state index contributed by atoms with van der Waals surface area (Å²) in [7, 11) is 0. The number of hydrogen-bond donors (Lipinski definition) is 1. The van der Waals surface area contributed by atoms with E-state index in [1.165, 1.54) is 4.90 Å². The highest BCUT2D eigenvalue weighted by atomic mass is 35.5. The van der Waals surface area contributed by atoms with Crippen LogP contribution in [0.2, 0.25) is 10.0 Å². The third-order valence-corrected chi connectivity index (χ3v) is 3.00. The van der Waals surface area contributed by atoms with Crippen molar-refractivity contribution in [1.29, 1.82) is 0 Å². The molecular formula is C11H12Cl2N2O4. The molecule has 1 rings (SSSR count). The van der Waals surface area contributed by atoms with Crippen LogP contribution < -0.4 is 4.90 Å². The molecule has 1 aromatic carbocycles. The molecule has 1 aromatic rings. The summed E-state index contributed by atoms with van der Waals surface area (Å²) >= 11 is 12.0. The van der Waals surface area contributed by atoms with Crippen LogP contribution in [0.25, 0.3) is 0 Å². The van der Waals surface area contributed by atoms with Gasteiger partial charge in [0.1, 0.15) is 6.54 Å². The second-order valence-electron chi connectivity index (χ2n) is 4.13. The highest BCUT2D eigenvalue weighted by Gasteiger charge is 2.22. The van der Waals surface area contributed by atoms with Crippen molar-refractivity contribution in [1.82, 2.24) is 0 Å². The number of halogens is 2. The molecule has 0 atom stereocenters. The van der Waals surface area contributed by atoms with Gasteiger partial charge in [-0.1, -0.05) is 23.2 Å². The van der Waals surface area contributed by atoms with Gasteiger partial charge < -0.3 is 10.0 Å². The molecule has 104 valence electrons. The summed E-state index contributed by atoms with van der Waals surface area (Å²) in [5.74, 6) is -1.04. The van der Waals surface area contributed by atoms with E-state index < -0.39 is 10.9 Å². The molecule has 0 aliphatic heterocycles. The summed E-state index contributed by atoms with van der Waals surface area (Å²) in [5.41, 5.74) is 0.0455. The molecule has 0 unspecified atom stereocenters. The van der Waals surface area contributed by atoms with Gasteiger partial charge in [-0.2, -0.15) is 0 Å². The van der Waals surface area contributed by atoms with Gasteiger partial charge in [-0.05, 0) is 13.8 Å². The average Bonchev–Trinajstić information content (AvgIpc) is 2.25. The first kappa shape index (κ1) is 15.5. The van der Waals surface area contributed by atoms with Crippen molar-refractivity contribution in [3.63, 3.8) is 0 Å². The summed E-state index contributed by atoms with van der Waals surface area (Å²) in [4.78, 5) is 22.4. The number of carbonyl (C=O) groups is 1. The van der Waals surface area contributed by atoms with E-state index in [2.05, 4.69) is 0 Å². The second-order valence-corrected chi connectivity index (χ2v) is 4.94. The van der Waals surface area contributed by atoms with Crippen LogP contribution in [0.3, 0.4) is 0 Å². The largest absolute Gasteiger partial charge is 0.480 e. The Morgan fingerprint density at radius 2 is 1.89 bits per heavy atom. The summed E-state index contributed by atoms with van der Waals surface area (Å²) in [6.45, 7) is 3.25. The topological polar surface area (TPSA) is 83.7 Å². The van der Waals surface area contributed by atoms with Crippen LogP contribution in [0, 0.1) is 10.1 Å². The van der Waals surface area contributed by atoms with Crippen molar-refractivity contribution >= 4 is 40.5 Å². The maximum atomic E-state index is 10.8. The first-order chi connectivity index (χ1) is 8.73. The zero-order chi connectivity index (χ0) is 14.7. The smallest absolute Gasteiger partial charge is 0.323 e. The maximum Gasteiger partial charge on any atom is 0.323 e. The summed E-state index contributed by atoms with van der Waals surface area (Å²) in [5, 5.41) is 19.7. The number of hydrogen-bond acceptors (Lipinski definition) is 4. The minimum absolute atomic E-state index is 0.0501. The Labute approximate surface area is 119 Å². The predicted molar refractivity (Wildman–Crippen MR) is 73.2 cm³/mol. The molecule has 0 fully saturated rings. The minimum atomic E-state index is -1.04. The second kappa shape index (κ2) is 6.08. The lowest BCUT2D eigenvalue weighted by molar-refractivity contribution is -0.384. The van der Waals surface area contributed by atoms with E-state index in [0.29, 0.717) is 0 Å². The fraction of sp³-hybridized carbons (Fsp3) is 0.364. The molecule has 0 bridgehead atoms. The fourth-order valence-corrected chi connectivity index (χ4v) is 2.29. The van der Waals surface area contributed by atoms with E-state index in [9.17, 15) is 14.9 Å². The molecule has 6 nitrogen and oxygen atoms in total. The Kier molecular flexibility index (Phi) is 4.97. The average molecular weight is 307 g/mol. The van der Waals surface area contributed by atoms with Gasteiger partial charge >= 0.3 is 5.97 Å². The van der Waals surface area contributed by atoms with Crippen LogP contribution in [-0.2, 0) is 4.79 Å². The van der Waals surface area contributed by atoms with E-state index in [1.54, 1.807) is 13.8 Å². The van der Waals surface area contributed by atoms with Crippen LogP contribution in [-0.4, -0.2) is 28.6 Å². The van der Waals surface area contributed by atoms with Crippen LogP contribution in [0.1, 0.15) is 13.8 Å². The lowest BCUT2D eigenvalue weighted by Crippen LogP contribution is -2.36. The van der Waals surface area contributed by atoms with E-state index in [4.69, 9.17) is 28.3 Å². The van der Waals surface area contributed by atoms with E-state index in [-0.39, 0.29) is 34.0 Å². The van der Waals surface area contributed by atoms with Crippen LogP contribution in [0.4, 0.5) is 11.4 Å². The number of anilines is 1. The number of nitro groups is 1. The molecule has 0 aliphatic carbocycles. The van der Waals surface area contributed by atoms with Gasteiger partial charge in [0.15, 0.2) is 0 Å². The van der Waals surface area contributed by atoms with Crippen molar-refractivity contribution in [3.05, 3.63) is 32.3 Å². The lowest BCUT2D eigenvalue weighted by Gasteiger charge is -2.28. The zero-order valence-corrected chi connectivity index (χ0v) is 11.8.